The predicted octanol–water partition coefficient (Wildman–Crippen LogP) is 3.40. The summed E-state index contributed by atoms with van der Waals surface area (Å²) in [5, 5.41) is 9.18. The topological polar surface area (TPSA) is 46.5 Å². The third-order valence-corrected chi connectivity index (χ3v) is 3.46. The molecule has 1 unspecified atom stereocenters. The van der Waals surface area contributed by atoms with E-state index in [4.69, 9.17) is 4.74 Å². The van der Waals surface area contributed by atoms with Crippen LogP contribution in [0.2, 0.25) is 0 Å². The Morgan fingerprint density at radius 1 is 0.952 bits per heavy atom. The summed E-state index contributed by atoms with van der Waals surface area (Å²) in [4.78, 5) is 11.8. The van der Waals surface area contributed by atoms with Gasteiger partial charge >= 0.3 is 5.97 Å². The number of carbonyl (C=O) groups is 1. The SMILES string of the molecule is O=C(OCCC(CCO)c1ccccc1)c1ccccc1. The van der Waals surface area contributed by atoms with E-state index in [1.807, 2.05) is 48.5 Å². The summed E-state index contributed by atoms with van der Waals surface area (Å²) in [6.45, 7) is 0.486. The summed E-state index contributed by atoms with van der Waals surface area (Å²) in [7, 11) is 0. The zero-order chi connectivity index (χ0) is 14.9. The van der Waals surface area contributed by atoms with Gasteiger partial charge in [0.05, 0.1) is 12.2 Å². The zero-order valence-electron chi connectivity index (χ0n) is 11.9. The fourth-order valence-corrected chi connectivity index (χ4v) is 2.31. The number of rotatable bonds is 7. The number of hydrogen-bond acceptors (Lipinski definition) is 3. The van der Waals surface area contributed by atoms with Gasteiger partial charge in [-0.3, -0.25) is 0 Å². The monoisotopic (exact) mass is 284 g/mol. The lowest BCUT2D eigenvalue weighted by molar-refractivity contribution is 0.0490. The van der Waals surface area contributed by atoms with Crippen LogP contribution in [0.3, 0.4) is 0 Å². The van der Waals surface area contributed by atoms with Crippen LogP contribution in [0.5, 0.6) is 0 Å². The third kappa shape index (κ3) is 4.72. The maximum atomic E-state index is 11.8. The molecule has 110 valence electrons. The number of benzene rings is 2. The maximum Gasteiger partial charge on any atom is 0.338 e. The molecule has 0 amide bonds. The quantitative estimate of drug-likeness (QED) is 0.793. The van der Waals surface area contributed by atoms with Crippen molar-refractivity contribution < 1.29 is 14.6 Å². The highest BCUT2D eigenvalue weighted by Gasteiger charge is 2.12. The Labute approximate surface area is 125 Å². The first kappa shape index (κ1) is 15.3. The average Bonchev–Trinajstić information content (AvgIpc) is 2.55. The molecule has 0 saturated carbocycles. The second-order valence-corrected chi connectivity index (χ2v) is 4.91. The molecule has 0 aliphatic heterocycles. The highest BCUT2D eigenvalue weighted by molar-refractivity contribution is 5.89. The van der Waals surface area contributed by atoms with Crippen LogP contribution in [0, 0.1) is 0 Å². The molecular formula is C18H20O3. The largest absolute Gasteiger partial charge is 0.462 e. The van der Waals surface area contributed by atoms with E-state index < -0.39 is 0 Å². The minimum Gasteiger partial charge on any atom is -0.462 e. The number of aliphatic hydroxyl groups is 1. The number of esters is 1. The maximum absolute atomic E-state index is 11.8. The van der Waals surface area contributed by atoms with Crippen LogP contribution in [0.1, 0.15) is 34.7 Å². The molecule has 3 heteroatoms. The van der Waals surface area contributed by atoms with Crippen molar-refractivity contribution in [3.8, 4) is 0 Å². The molecule has 0 aliphatic carbocycles. The summed E-state index contributed by atoms with van der Waals surface area (Å²) in [5.41, 5.74) is 1.73. The van der Waals surface area contributed by atoms with Crippen LogP contribution in [-0.4, -0.2) is 24.3 Å². The van der Waals surface area contributed by atoms with Crippen LogP contribution in [-0.2, 0) is 4.74 Å². The van der Waals surface area contributed by atoms with Crippen molar-refractivity contribution in [2.45, 2.75) is 18.8 Å². The van der Waals surface area contributed by atoms with Crippen molar-refractivity contribution in [2.24, 2.45) is 0 Å². The van der Waals surface area contributed by atoms with Gasteiger partial charge in [0.25, 0.3) is 0 Å². The molecule has 0 bridgehead atoms. The molecule has 0 heterocycles. The van der Waals surface area contributed by atoms with E-state index in [2.05, 4.69) is 0 Å². The van der Waals surface area contributed by atoms with E-state index in [9.17, 15) is 9.90 Å². The van der Waals surface area contributed by atoms with Gasteiger partial charge in [0, 0.05) is 6.61 Å². The molecule has 21 heavy (non-hydrogen) atoms. The minimum atomic E-state index is -0.300. The van der Waals surface area contributed by atoms with Crippen molar-refractivity contribution in [3.63, 3.8) is 0 Å². The van der Waals surface area contributed by atoms with Crippen molar-refractivity contribution in [1.29, 1.82) is 0 Å². The molecule has 2 aromatic carbocycles. The summed E-state index contributed by atoms with van der Waals surface area (Å²) >= 11 is 0. The number of carbonyl (C=O) groups excluding carboxylic acids is 1. The Kier molecular flexibility index (Phi) is 5.98. The van der Waals surface area contributed by atoms with Gasteiger partial charge in [-0.25, -0.2) is 4.79 Å². The fraction of sp³-hybridized carbons (Fsp3) is 0.278. The van der Waals surface area contributed by atoms with Gasteiger partial charge in [-0.2, -0.15) is 0 Å². The van der Waals surface area contributed by atoms with Crippen molar-refractivity contribution in [2.75, 3.05) is 13.2 Å². The normalized spacial score (nSPS) is 11.9. The molecule has 0 aliphatic rings. The van der Waals surface area contributed by atoms with Crippen molar-refractivity contribution >= 4 is 5.97 Å². The molecule has 0 radical (unpaired) electrons. The summed E-state index contributed by atoms with van der Waals surface area (Å²) in [6.07, 6.45) is 1.38. The molecule has 0 aromatic heterocycles. The number of hydrogen-bond donors (Lipinski definition) is 1. The molecule has 0 fully saturated rings. The Morgan fingerprint density at radius 3 is 2.19 bits per heavy atom. The van der Waals surface area contributed by atoms with E-state index in [0.29, 0.717) is 25.0 Å². The summed E-state index contributed by atoms with van der Waals surface area (Å²) < 4.78 is 5.31. The third-order valence-electron chi connectivity index (χ3n) is 3.46. The Hall–Kier alpha value is -2.13. The zero-order valence-corrected chi connectivity index (χ0v) is 11.9. The second-order valence-electron chi connectivity index (χ2n) is 4.91. The standard InChI is InChI=1S/C18H20O3/c19-13-11-16(15-7-3-1-4-8-15)12-14-21-18(20)17-9-5-2-6-10-17/h1-10,16,19H,11-14H2. The van der Waals surface area contributed by atoms with Gasteiger partial charge in [0.15, 0.2) is 0 Å². The molecule has 2 aromatic rings. The number of aliphatic hydroxyl groups excluding tert-OH is 1. The Balaban J connectivity index is 1.87. The van der Waals surface area contributed by atoms with Gasteiger partial charge in [-0.05, 0) is 36.5 Å². The predicted molar refractivity (Wildman–Crippen MR) is 82.2 cm³/mol. The van der Waals surface area contributed by atoms with E-state index in [-0.39, 0.29) is 18.5 Å². The van der Waals surface area contributed by atoms with Crippen LogP contribution >= 0.6 is 0 Å². The van der Waals surface area contributed by atoms with Crippen molar-refractivity contribution in [3.05, 3.63) is 71.8 Å². The van der Waals surface area contributed by atoms with E-state index >= 15 is 0 Å². The summed E-state index contributed by atoms with van der Waals surface area (Å²) in [6, 6.07) is 19.0. The van der Waals surface area contributed by atoms with Crippen LogP contribution in [0.15, 0.2) is 60.7 Å². The fourth-order valence-electron chi connectivity index (χ4n) is 2.31. The first-order valence-electron chi connectivity index (χ1n) is 7.19. The Bertz CT molecular complexity index is 537. The first-order chi connectivity index (χ1) is 10.3. The molecule has 1 N–H and O–H groups in total. The van der Waals surface area contributed by atoms with Gasteiger partial charge in [0.1, 0.15) is 0 Å². The lowest BCUT2D eigenvalue weighted by Crippen LogP contribution is -2.10. The highest BCUT2D eigenvalue weighted by atomic mass is 16.5. The molecule has 1 atom stereocenters. The van der Waals surface area contributed by atoms with Crippen LogP contribution in [0.4, 0.5) is 0 Å². The van der Waals surface area contributed by atoms with Gasteiger partial charge in [-0.1, -0.05) is 48.5 Å². The van der Waals surface area contributed by atoms with E-state index in [1.54, 1.807) is 12.1 Å². The smallest absolute Gasteiger partial charge is 0.338 e. The van der Waals surface area contributed by atoms with Crippen LogP contribution < -0.4 is 0 Å². The molecule has 3 nitrogen and oxygen atoms in total. The lowest BCUT2D eigenvalue weighted by atomic mass is 9.93. The average molecular weight is 284 g/mol. The minimum absolute atomic E-state index is 0.131. The van der Waals surface area contributed by atoms with Crippen LogP contribution in [0.25, 0.3) is 0 Å². The van der Waals surface area contributed by atoms with Gasteiger partial charge in [0.2, 0.25) is 0 Å². The lowest BCUT2D eigenvalue weighted by Gasteiger charge is -2.16. The van der Waals surface area contributed by atoms with Crippen molar-refractivity contribution in [1.82, 2.24) is 0 Å². The van der Waals surface area contributed by atoms with Gasteiger partial charge in [-0.15, -0.1) is 0 Å². The Morgan fingerprint density at radius 2 is 1.57 bits per heavy atom. The second kappa shape index (κ2) is 8.22. The van der Waals surface area contributed by atoms with Gasteiger partial charge < -0.3 is 9.84 Å². The summed E-state index contributed by atoms with van der Waals surface area (Å²) in [5.74, 6) is -0.0915. The first-order valence-corrected chi connectivity index (χ1v) is 7.19. The molecule has 0 spiro atoms. The molecule has 2 rings (SSSR count). The molecular weight excluding hydrogens is 264 g/mol. The highest BCUT2D eigenvalue weighted by Crippen LogP contribution is 2.23. The van der Waals surface area contributed by atoms with E-state index in [0.717, 1.165) is 0 Å². The van der Waals surface area contributed by atoms with E-state index in [1.165, 1.54) is 5.56 Å². The number of ether oxygens (including phenoxy) is 1. The molecule has 0 saturated heterocycles.